The summed E-state index contributed by atoms with van der Waals surface area (Å²) >= 11 is 6.10. The van der Waals surface area contributed by atoms with Crippen molar-refractivity contribution in [2.45, 2.75) is 24.8 Å². The van der Waals surface area contributed by atoms with Gasteiger partial charge in [-0.25, -0.2) is 13.1 Å². The van der Waals surface area contributed by atoms with Crippen molar-refractivity contribution in [2.75, 3.05) is 12.4 Å². The minimum Gasteiger partial charge on any atom is -0.495 e. The number of ether oxygens (including phenoxy) is 1. The van der Waals surface area contributed by atoms with Crippen molar-refractivity contribution < 1.29 is 22.7 Å². The van der Waals surface area contributed by atoms with Crippen LogP contribution in [0.2, 0.25) is 5.02 Å². The van der Waals surface area contributed by atoms with Gasteiger partial charge < -0.3 is 10.1 Å². The van der Waals surface area contributed by atoms with Crippen LogP contribution in [0.25, 0.3) is 0 Å². The number of ketones is 1. The second-order valence-electron chi connectivity index (χ2n) is 7.48. The number of rotatable bonds is 8. The second-order valence-corrected chi connectivity index (χ2v) is 9.60. The zero-order valence-corrected chi connectivity index (χ0v) is 19.8. The number of nitrogens with one attached hydrogen (secondary N) is 2. The zero-order valence-electron chi connectivity index (χ0n) is 18.3. The third kappa shape index (κ3) is 5.78. The molecule has 7 nitrogen and oxygen atoms in total. The Morgan fingerprint density at radius 1 is 0.939 bits per heavy atom. The van der Waals surface area contributed by atoms with Gasteiger partial charge in [-0.2, -0.15) is 0 Å². The van der Waals surface area contributed by atoms with Crippen LogP contribution in [0, 0.1) is 0 Å². The van der Waals surface area contributed by atoms with Crippen molar-refractivity contribution >= 4 is 39.0 Å². The second kappa shape index (κ2) is 10.2. The van der Waals surface area contributed by atoms with E-state index in [1.807, 2.05) is 0 Å². The Morgan fingerprint density at radius 3 is 2.27 bits per heavy atom. The molecule has 3 aromatic carbocycles. The van der Waals surface area contributed by atoms with E-state index in [4.69, 9.17) is 16.3 Å². The van der Waals surface area contributed by atoms with Crippen molar-refractivity contribution in [3.63, 3.8) is 0 Å². The molecule has 2 N–H and O–H groups in total. The molecule has 0 unspecified atom stereocenters. The van der Waals surface area contributed by atoms with Gasteiger partial charge in [0.05, 0.1) is 12.8 Å². The topological polar surface area (TPSA) is 102 Å². The molecule has 3 rings (SSSR count). The van der Waals surface area contributed by atoms with E-state index >= 15 is 0 Å². The molecule has 0 heterocycles. The smallest absolute Gasteiger partial charge is 0.255 e. The van der Waals surface area contributed by atoms with E-state index in [-0.39, 0.29) is 39.3 Å². The van der Waals surface area contributed by atoms with Gasteiger partial charge in [-0.1, -0.05) is 41.9 Å². The normalized spacial score (nSPS) is 11.3. The first-order valence-electron chi connectivity index (χ1n) is 10.0. The number of hydrogen-bond acceptors (Lipinski definition) is 5. The molecule has 172 valence electrons. The first-order chi connectivity index (χ1) is 15.6. The van der Waals surface area contributed by atoms with Crippen LogP contribution in [-0.4, -0.2) is 33.3 Å². The average molecular weight is 487 g/mol. The van der Waals surface area contributed by atoms with E-state index in [0.717, 1.165) is 0 Å². The van der Waals surface area contributed by atoms with E-state index in [2.05, 4.69) is 10.0 Å². The highest BCUT2D eigenvalue weighted by Gasteiger charge is 2.23. The van der Waals surface area contributed by atoms with Gasteiger partial charge in [-0.05, 0) is 50.2 Å². The van der Waals surface area contributed by atoms with E-state index in [9.17, 15) is 18.0 Å². The van der Waals surface area contributed by atoms with Crippen LogP contribution in [-0.2, 0) is 10.0 Å². The summed E-state index contributed by atoms with van der Waals surface area (Å²) in [5.74, 6) is -0.804. The highest BCUT2D eigenvalue weighted by molar-refractivity contribution is 7.89. The molecule has 0 aromatic heterocycles. The average Bonchev–Trinajstić information content (AvgIpc) is 2.79. The van der Waals surface area contributed by atoms with Crippen LogP contribution in [0.4, 0.5) is 5.69 Å². The fourth-order valence-electron chi connectivity index (χ4n) is 3.15. The number of halogens is 1. The predicted octanol–water partition coefficient (Wildman–Crippen LogP) is 4.52. The quantitative estimate of drug-likeness (QED) is 0.456. The predicted molar refractivity (Wildman–Crippen MR) is 128 cm³/mol. The van der Waals surface area contributed by atoms with Crippen LogP contribution in [0.15, 0.2) is 71.6 Å². The Balaban J connectivity index is 1.97. The Kier molecular flexibility index (Phi) is 7.53. The SMILES string of the molecule is COc1ccc(C(=O)Nc2ccc(Cl)cc2C(=O)c2ccccc2)cc1S(=O)(=O)NC(C)C. The van der Waals surface area contributed by atoms with E-state index in [1.165, 1.54) is 37.4 Å². The zero-order chi connectivity index (χ0) is 24.2. The maximum atomic E-state index is 13.0. The Labute approximate surface area is 197 Å². The van der Waals surface area contributed by atoms with Gasteiger partial charge in [0.1, 0.15) is 10.6 Å². The lowest BCUT2D eigenvalue weighted by Gasteiger charge is -2.15. The van der Waals surface area contributed by atoms with Crippen LogP contribution >= 0.6 is 11.6 Å². The molecule has 1 amide bonds. The Bertz CT molecular complexity index is 1290. The lowest BCUT2D eigenvalue weighted by Crippen LogP contribution is -2.30. The molecule has 0 saturated carbocycles. The van der Waals surface area contributed by atoms with Crippen LogP contribution in [0.1, 0.15) is 40.1 Å². The molecule has 9 heteroatoms. The molecule has 3 aromatic rings. The Hall–Kier alpha value is -3.20. The standard InChI is InChI=1S/C24H23ClN2O5S/c1-15(2)27-33(30,31)22-13-17(9-12-21(22)32-3)24(29)26-20-11-10-18(25)14-19(20)23(28)16-7-5-4-6-8-16/h4-15,27H,1-3H3,(H,26,29). The van der Waals surface area contributed by atoms with Crippen molar-refractivity contribution in [2.24, 2.45) is 0 Å². The molecule has 0 atom stereocenters. The molecule has 0 aliphatic heterocycles. The monoisotopic (exact) mass is 486 g/mol. The number of sulfonamides is 1. The summed E-state index contributed by atoms with van der Waals surface area (Å²) in [5, 5.41) is 3.03. The van der Waals surface area contributed by atoms with Gasteiger partial charge >= 0.3 is 0 Å². The molecule has 0 spiro atoms. The molecule has 0 fully saturated rings. The molecule has 0 radical (unpaired) electrons. The lowest BCUT2D eigenvalue weighted by molar-refractivity contribution is 0.102. The number of anilines is 1. The summed E-state index contributed by atoms with van der Waals surface area (Å²) in [5.41, 5.74) is 0.976. The Morgan fingerprint density at radius 2 is 1.64 bits per heavy atom. The van der Waals surface area contributed by atoms with Crippen LogP contribution in [0.5, 0.6) is 5.75 Å². The number of carbonyl (C=O) groups is 2. The van der Waals surface area contributed by atoms with Crippen molar-refractivity contribution in [1.82, 2.24) is 4.72 Å². The first kappa shape index (κ1) is 24.4. The molecule has 0 aliphatic carbocycles. The highest BCUT2D eigenvalue weighted by Crippen LogP contribution is 2.27. The van der Waals surface area contributed by atoms with E-state index in [0.29, 0.717) is 10.6 Å². The summed E-state index contributed by atoms with van der Waals surface area (Å²) in [6.45, 7) is 3.37. The maximum Gasteiger partial charge on any atom is 0.255 e. The fourth-order valence-corrected chi connectivity index (χ4v) is 4.77. The molecule has 0 bridgehead atoms. The number of amides is 1. The molecule has 0 saturated heterocycles. The van der Waals surface area contributed by atoms with Gasteiger partial charge in [0.2, 0.25) is 10.0 Å². The van der Waals surface area contributed by atoms with Crippen molar-refractivity contribution in [1.29, 1.82) is 0 Å². The van der Waals surface area contributed by atoms with Gasteiger partial charge in [0, 0.05) is 27.8 Å². The minimum atomic E-state index is -3.92. The lowest BCUT2D eigenvalue weighted by atomic mass is 10.0. The van der Waals surface area contributed by atoms with Crippen molar-refractivity contribution in [3.05, 3.63) is 88.4 Å². The molecule has 0 aliphatic rings. The summed E-state index contributed by atoms with van der Waals surface area (Å²) < 4.78 is 33.1. The summed E-state index contributed by atoms with van der Waals surface area (Å²) in [6.07, 6.45) is 0. The third-order valence-electron chi connectivity index (χ3n) is 4.62. The summed E-state index contributed by atoms with van der Waals surface area (Å²) in [6, 6.07) is 16.9. The van der Waals surface area contributed by atoms with Gasteiger partial charge in [0.25, 0.3) is 5.91 Å². The van der Waals surface area contributed by atoms with Crippen molar-refractivity contribution in [3.8, 4) is 5.75 Å². The van der Waals surface area contributed by atoms with Gasteiger partial charge in [-0.3, -0.25) is 9.59 Å². The van der Waals surface area contributed by atoms with Gasteiger partial charge in [-0.15, -0.1) is 0 Å². The minimum absolute atomic E-state index is 0.0768. The number of hydrogen-bond donors (Lipinski definition) is 2. The van der Waals surface area contributed by atoms with Crippen LogP contribution in [0.3, 0.4) is 0 Å². The molecular weight excluding hydrogens is 464 g/mol. The maximum absolute atomic E-state index is 13.0. The van der Waals surface area contributed by atoms with Crippen LogP contribution < -0.4 is 14.8 Å². The highest BCUT2D eigenvalue weighted by atomic mass is 35.5. The summed E-state index contributed by atoms with van der Waals surface area (Å²) in [7, 11) is -2.58. The largest absolute Gasteiger partial charge is 0.495 e. The number of benzene rings is 3. The van der Waals surface area contributed by atoms with E-state index in [1.54, 1.807) is 50.2 Å². The first-order valence-corrected chi connectivity index (χ1v) is 11.9. The molecule has 33 heavy (non-hydrogen) atoms. The van der Waals surface area contributed by atoms with E-state index < -0.39 is 15.9 Å². The number of methoxy groups -OCH3 is 1. The molecular formula is C24H23ClN2O5S. The van der Waals surface area contributed by atoms with Gasteiger partial charge in [0.15, 0.2) is 5.78 Å². The number of carbonyl (C=O) groups excluding carboxylic acids is 2. The fraction of sp³-hybridized carbons (Fsp3) is 0.167. The summed E-state index contributed by atoms with van der Waals surface area (Å²) in [4.78, 5) is 25.8. The third-order valence-corrected chi connectivity index (χ3v) is 6.53.